The maximum Gasteiger partial charge on any atom is 0.249 e. The van der Waals surface area contributed by atoms with Crippen LogP contribution in [0.1, 0.15) is 361 Å². The van der Waals surface area contributed by atoms with E-state index in [0.29, 0.717) is 19.3 Å². The minimum absolute atomic E-state index is 0.260. The zero-order valence-corrected chi connectivity index (χ0v) is 53.3. The lowest BCUT2D eigenvalue weighted by Crippen LogP contribution is -2.60. The number of unbranched alkanes of at least 4 members (excludes halogenated alkanes) is 49. The number of ether oxygens (including phenoxy) is 2. The van der Waals surface area contributed by atoms with E-state index in [4.69, 9.17) is 9.47 Å². The monoisotopic (exact) mass is 1150 g/mol. The molecule has 1 fully saturated rings. The van der Waals surface area contributed by atoms with Crippen LogP contribution < -0.4 is 5.32 Å². The first-order valence-corrected chi connectivity index (χ1v) is 35.6. The third kappa shape index (κ3) is 46.7. The van der Waals surface area contributed by atoms with Gasteiger partial charge < -0.3 is 50.5 Å². The van der Waals surface area contributed by atoms with Crippen LogP contribution in [0.5, 0.6) is 0 Å². The Hall–Kier alpha value is -1.15. The fourth-order valence-corrected chi connectivity index (χ4v) is 11.9. The minimum atomic E-state index is -1.66. The lowest BCUT2D eigenvalue weighted by atomic mass is 9.98. The molecule has 0 saturated carbocycles. The second-order valence-corrected chi connectivity index (χ2v) is 25.3. The van der Waals surface area contributed by atoms with Gasteiger partial charge in [-0.15, -0.1) is 0 Å². The Kier molecular flexibility index (Phi) is 56.9. The molecule has 11 heteroatoms. The molecule has 1 saturated heterocycles. The number of carbonyl (C=O) groups is 1. The molecule has 9 unspecified atom stereocenters. The Morgan fingerprint density at radius 2 is 0.716 bits per heavy atom. The van der Waals surface area contributed by atoms with Gasteiger partial charge in [0.1, 0.15) is 36.6 Å². The molecular weight excluding hydrogens is 1010 g/mol. The van der Waals surface area contributed by atoms with E-state index in [2.05, 4.69) is 31.3 Å². The summed E-state index contributed by atoms with van der Waals surface area (Å²) in [5.74, 6) is -0.692. The van der Waals surface area contributed by atoms with Crippen LogP contribution in [0.25, 0.3) is 0 Å². The standard InChI is InChI=1S/C70H137NO10/c1-3-5-7-9-11-13-15-17-19-21-23-25-27-29-30-31-32-33-34-36-37-39-41-43-45-47-49-51-53-55-57-62(73)65(75)61(60-80-70-68(78)67(77)66(76)64(59-72)81-70)71-69(79)63(74)58-56-54-52-50-48-46-44-42-40-38-35-28-26-24-22-20-18-16-14-12-10-8-6-4-2/h35,38,61-68,70,72-78H,3-34,36-37,39-60H2,1-2H3,(H,71,79)/b38-35-. The van der Waals surface area contributed by atoms with E-state index in [1.807, 2.05) is 0 Å². The minimum Gasteiger partial charge on any atom is -0.394 e. The van der Waals surface area contributed by atoms with Gasteiger partial charge in [0.25, 0.3) is 0 Å². The summed E-state index contributed by atoms with van der Waals surface area (Å²) < 4.78 is 11.2. The third-order valence-corrected chi connectivity index (χ3v) is 17.6. The zero-order valence-electron chi connectivity index (χ0n) is 53.3. The van der Waals surface area contributed by atoms with Gasteiger partial charge in [-0.3, -0.25) is 4.79 Å². The molecule has 8 N–H and O–H groups in total. The zero-order chi connectivity index (χ0) is 58.9. The van der Waals surface area contributed by atoms with E-state index in [1.165, 1.54) is 276 Å². The number of hydrogen-bond donors (Lipinski definition) is 8. The molecule has 81 heavy (non-hydrogen) atoms. The first-order valence-electron chi connectivity index (χ1n) is 35.6. The molecule has 1 rings (SSSR count). The summed E-state index contributed by atoms with van der Waals surface area (Å²) >= 11 is 0. The fourth-order valence-electron chi connectivity index (χ4n) is 11.9. The largest absolute Gasteiger partial charge is 0.394 e. The lowest BCUT2D eigenvalue weighted by molar-refractivity contribution is -0.303. The van der Waals surface area contributed by atoms with Crippen molar-refractivity contribution in [3.63, 3.8) is 0 Å². The summed E-state index contributed by atoms with van der Waals surface area (Å²) in [4.78, 5) is 13.2. The fraction of sp³-hybridized carbons (Fsp3) is 0.957. The van der Waals surface area contributed by atoms with Gasteiger partial charge in [0.05, 0.1) is 25.4 Å². The average molecular weight is 1150 g/mol. The Morgan fingerprint density at radius 3 is 1.04 bits per heavy atom. The molecule has 0 aromatic heterocycles. The van der Waals surface area contributed by atoms with E-state index in [1.54, 1.807) is 0 Å². The van der Waals surface area contributed by atoms with Crippen molar-refractivity contribution < 1.29 is 50.0 Å². The molecule has 1 amide bonds. The van der Waals surface area contributed by atoms with Gasteiger partial charge in [0.2, 0.25) is 5.91 Å². The van der Waals surface area contributed by atoms with E-state index in [-0.39, 0.29) is 6.42 Å². The predicted octanol–water partition coefficient (Wildman–Crippen LogP) is 17.0. The van der Waals surface area contributed by atoms with E-state index >= 15 is 0 Å². The highest BCUT2D eigenvalue weighted by molar-refractivity contribution is 5.80. The van der Waals surface area contributed by atoms with Crippen molar-refractivity contribution >= 4 is 5.91 Å². The smallest absolute Gasteiger partial charge is 0.249 e. The summed E-state index contributed by atoms with van der Waals surface area (Å²) in [5.41, 5.74) is 0. The quantitative estimate of drug-likeness (QED) is 0.0215. The van der Waals surface area contributed by atoms with Crippen LogP contribution in [0.3, 0.4) is 0 Å². The SMILES string of the molecule is CCCCCCCCCCCCCC/C=C\CCCCCCCCCCC(O)C(=O)NC(COC1OC(CO)C(O)C(O)C1O)C(O)C(O)CCCCCCCCCCCCCCCCCCCCCCCCCCCCCCCC. The van der Waals surface area contributed by atoms with Gasteiger partial charge in [-0.25, -0.2) is 0 Å². The van der Waals surface area contributed by atoms with Crippen molar-refractivity contribution in [3.05, 3.63) is 12.2 Å². The molecule has 11 nitrogen and oxygen atoms in total. The molecule has 0 aliphatic carbocycles. The maximum absolute atomic E-state index is 13.2. The summed E-state index contributed by atoms with van der Waals surface area (Å²) in [6.07, 6.45) is 61.5. The third-order valence-electron chi connectivity index (χ3n) is 17.6. The second kappa shape index (κ2) is 59.2. The molecule has 0 radical (unpaired) electrons. The molecule has 1 aliphatic rings. The molecule has 0 aromatic rings. The van der Waals surface area contributed by atoms with Gasteiger partial charge in [-0.1, -0.05) is 334 Å². The Morgan fingerprint density at radius 1 is 0.420 bits per heavy atom. The highest BCUT2D eigenvalue weighted by atomic mass is 16.7. The van der Waals surface area contributed by atoms with Gasteiger partial charge >= 0.3 is 0 Å². The molecule has 0 spiro atoms. The van der Waals surface area contributed by atoms with Crippen LogP contribution in [-0.4, -0.2) is 110 Å². The summed E-state index contributed by atoms with van der Waals surface area (Å²) in [7, 11) is 0. The predicted molar refractivity (Wildman–Crippen MR) is 339 cm³/mol. The van der Waals surface area contributed by atoms with Crippen molar-refractivity contribution in [1.29, 1.82) is 0 Å². The number of allylic oxidation sites excluding steroid dienone is 2. The normalized spacial score (nSPS) is 19.1. The van der Waals surface area contributed by atoms with Crippen LogP contribution >= 0.6 is 0 Å². The van der Waals surface area contributed by atoms with Crippen molar-refractivity contribution in [2.24, 2.45) is 0 Å². The number of carbonyl (C=O) groups excluding carboxylic acids is 1. The molecule has 1 aliphatic heterocycles. The second-order valence-electron chi connectivity index (χ2n) is 25.3. The summed E-state index contributed by atoms with van der Waals surface area (Å²) in [5, 5.41) is 76.6. The van der Waals surface area contributed by atoms with Crippen molar-refractivity contribution in [3.8, 4) is 0 Å². The number of amides is 1. The van der Waals surface area contributed by atoms with Crippen molar-refractivity contribution in [1.82, 2.24) is 5.32 Å². The molecular formula is C70H137NO10. The number of aliphatic hydroxyl groups excluding tert-OH is 7. The van der Waals surface area contributed by atoms with Crippen LogP contribution in [-0.2, 0) is 14.3 Å². The van der Waals surface area contributed by atoms with Crippen LogP contribution in [0, 0.1) is 0 Å². The maximum atomic E-state index is 13.2. The Labute approximate surface area is 500 Å². The highest BCUT2D eigenvalue weighted by Crippen LogP contribution is 2.24. The molecule has 9 atom stereocenters. The summed E-state index contributed by atoms with van der Waals surface area (Å²) in [6.45, 7) is 3.52. The number of nitrogens with one attached hydrogen (secondary N) is 1. The van der Waals surface area contributed by atoms with E-state index < -0.39 is 74.2 Å². The number of aliphatic hydroxyl groups is 7. The van der Waals surface area contributed by atoms with Crippen LogP contribution in [0.15, 0.2) is 12.2 Å². The Bertz CT molecular complexity index is 1320. The van der Waals surface area contributed by atoms with Gasteiger partial charge in [0.15, 0.2) is 6.29 Å². The van der Waals surface area contributed by atoms with Crippen molar-refractivity contribution in [2.45, 2.75) is 416 Å². The summed E-state index contributed by atoms with van der Waals surface area (Å²) in [6, 6.07) is -1.17. The van der Waals surface area contributed by atoms with E-state index in [9.17, 15) is 40.5 Å². The Balaban J connectivity index is 2.19. The van der Waals surface area contributed by atoms with E-state index in [0.717, 1.165) is 44.9 Å². The van der Waals surface area contributed by atoms with Gasteiger partial charge in [-0.05, 0) is 38.5 Å². The molecule has 0 bridgehead atoms. The van der Waals surface area contributed by atoms with Gasteiger partial charge in [-0.2, -0.15) is 0 Å². The van der Waals surface area contributed by atoms with Crippen molar-refractivity contribution in [2.75, 3.05) is 13.2 Å². The molecule has 0 aromatic carbocycles. The van der Waals surface area contributed by atoms with Crippen LogP contribution in [0.2, 0.25) is 0 Å². The molecule has 1 heterocycles. The average Bonchev–Trinajstić information content (AvgIpc) is 3.51. The number of rotatable bonds is 63. The van der Waals surface area contributed by atoms with Crippen LogP contribution in [0.4, 0.5) is 0 Å². The first-order chi connectivity index (χ1) is 39.7. The molecule has 482 valence electrons. The highest BCUT2D eigenvalue weighted by Gasteiger charge is 2.44. The van der Waals surface area contributed by atoms with Gasteiger partial charge in [0, 0.05) is 0 Å². The number of hydrogen-bond acceptors (Lipinski definition) is 10. The lowest BCUT2D eigenvalue weighted by Gasteiger charge is -2.40. The first kappa shape index (κ1) is 77.9. The topological polar surface area (TPSA) is 189 Å².